The molecule has 0 spiro atoms. The molecular formula is C10H21NO. The Labute approximate surface area is 75.9 Å². The maximum Gasteiger partial charge on any atom is 0.129 e. The number of hydrogen-bond donors (Lipinski definition) is 0. The van der Waals surface area contributed by atoms with Crippen LogP contribution < -0.4 is 0 Å². The van der Waals surface area contributed by atoms with E-state index >= 15 is 0 Å². The minimum absolute atomic E-state index is 0.294. The van der Waals surface area contributed by atoms with Gasteiger partial charge in [-0.2, -0.15) is 0 Å². The number of Topliss-reactive ketones (excluding diaryl/α,β-unsaturated/α-hetero) is 1. The van der Waals surface area contributed by atoms with E-state index < -0.39 is 0 Å². The first kappa shape index (κ1) is 11.6. The smallest absolute Gasteiger partial charge is 0.129 e. The first-order chi connectivity index (χ1) is 5.45. The zero-order chi connectivity index (χ0) is 9.72. The quantitative estimate of drug-likeness (QED) is 0.630. The van der Waals surface area contributed by atoms with Gasteiger partial charge in [0.1, 0.15) is 5.78 Å². The van der Waals surface area contributed by atoms with Crippen molar-refractivity contribution in [2.75, 3.05) is 14.1 Å². The van der Waals surface area contributed by atoms with Crippen molar-refractivity contribution in [1.82, 2.24) is 4.90 Å². The Morgan fingerprint density at radius 2 is 1.83 bits per heavy atom. The van der Waals surface area contributed by atoms with Gasteiger partial charge >= 0.3 is 0 Å². The van der Waals surface area contributed by atoms with E-state index in [1.165, 1.54) is 0 Å². The summed E-state index contributed by atoms with van der Waals surface area (Å²) >= 11 is 0. The Morgan fingerprint density at radius 1 is 1.33 bits per heavy atom. The Kier molecular flexibility index (Phi) is 5.14. The van der Waals surface area contributed by atoms with Crippen LogP contribution in [0.3, 0.4) is 0 Å². The van der Waals surface area contributed by atoms with E-state index in [0.717, 1.165) is 6.42 Å². The average molecular weight is 171 g/mol. The van der Waals surface area contributed by atoms with Crippen LogP contribution in [0.15, 0.2) is 0 Å². The second kappa shape index (κ2) is 5.31. The third kappa shape index (κ3) is 4.50. The normalized spacial score (nSPS) is 13.9. The number of hydrogen-bond acceptors (Lipinski definition) is 2. The van der Waals surface area contributed by atoms with Crippen molar-refractivity contribution in [3.63, 3.8) is 0 Å². The number of nitrogens with zero attached hydrogens (tertiary/aromatic N) is 1. The Hall–Kier alpha value is -0.370. The van der Waals surface area contributed by atoms with Gasteiger partial charge in [-0.15, -0.1) is 0 Å². The summed E-state index contributed by atoms with van der Waals surface area (Å²) in [5.41, 5.74) is 0. The second-order valence-electron chi connectivity index (χ2n) is 4.02. The first-order valence-electron chi connectivity index (χ1n) is 4.61. The molecule has 0 aromatic carbocycles. The molecule has 0 N–H and O–H groups in total. The molecular weight excluding hydrogens is 150 g/mol. The maximum atomic E-state index is 10.8. The lowest BCUT2D eigenvalue weighted by Gasteiger charge is -2.27. The molecule has 0 aliphatic carbocycles. The lowest BCUT2D eigenvalue weighted by Crippen LogP contribution is -2.33. The van der Waals surface area contributed by atoms with Crippen LogP contribution in [0.1, 0.15) is 33.6 Å². The third-order valence-electron chi connectivity index (χ3n) is 2.23. The number of carbonyl (C=O) groups excluding carboxylic acids is 1. The zero-order valence-corrected chi connectivity index (χ0v) is 8.92. The number of carbonyl (C=O) groups is 1. The molecule has 0 heterocycles. The van der Waals surface area contributed by atoms with Gasteiger partial charge in [0, 0.05) is 12.5 Å². The SMILES string of the molecule is CC(=O)CCC(C(C)C)N(C)C. The van der Waals surface area contributed by atoms with E-state index in [-0.39, 0.29) is 0 Å². The summed E-state index contributed by atoms with van der Waals surface area (Å²) in [4.78, 5) is 13.0. The summed E-state index contributed by atoms with van der Waals surface area (Å²) in [6, 6.07) is 0.536. The first-order valence-corrected chi connectivity index (χ1v) is 4.61. The van der Waals surface area contributed by atoms with Gasteiger partial charge in [0.2, 0.25) is 0 Å². The van der Waals surface area contributed by atoms with Gasteiger partial charge in [-0.3, -0.25) is 0 Å². The van der Waals surface area contributed by atoms with Crippen LogP contribution >= 0.6 is 0 Å². The lowest BCUT2D eigenvalue weighted by molar-refractivity contribution is -0.117. The molecule has 2 heteroatoms. The average Bonchev–Trinajstić information content (AvgIpc) is 1.84. The summed E-state index contributed by atoms with van der Waals surface area (Å²) in [7, 11) is 4.15. The van der Waals surface area contributed by atoms with Crippen LogP contribution in [0.25, 0.3) is 0 Å². The Bertz CT molecular complexity index is 133. The van der Waals surface area contributed by atoms with Gasteiger partial charge in [-0.1, -0.05) is 13.8 Å². The number of rotatable bonds is 5. The second-order valence-corrected chi connectivity index (χ2v) is 4.02. The molecule has 72 valence electrons. The van der Waals surface area contributed by atoms with Crippen LogP contribution in [0, 0.1) is 5.92 Å². The van der Waals surface area contributed by atoms with Crippen LogP contribution in [-0.2, 0) is 4.79 Å². The van der Waals surface area contributed by atoms with E-state index in [2.05, 4.69) is 32.8 Å². The molecule has 0 bridgehead atoms. The third-order valence-corrected chi connectivity index (χ3v) is 2.23. The predicted octanol–water partition coefficient (Wildman–Crippen LogP) is 1.94. The predicted molar refractivity (Wildman–Crippen MR) is 52.2 cm³/mol. The van der Waals surface area contributed by atoms with Crippen LogP contribution in [0.5, 0.6) is 0 Å². The van der Waals surface area contributed by atoms with Crippen LogP contribution in [0.2, 0.25) is 0 Å². The Morgan fingerprint density at radius 3 is 2.08 bits per heavy atom. The van der Waals surface area contributed by atoms with Crippen molar-refractivity contribution in [2.24, 2.45) is 5.92 Å². The molecule has 0 aromatic heterocycles. The van der Waals surface area contributed by atoms with E-state index in [1.807, 2.05) is 0 Å². The highest BCUT2D eigenvalue weighted by atomic mass is 16.1. The van der Waals surface area contributed by atoms with Gasteiger partial charge in [0.15, 0.2) is 0 Å². The molecule has 0 aromatic rings. The number of ketones is 1. The molecule has 0 radical (unpaired) electrons. The molecule has 0 saturated heterocycles. The molecule has 2 nitrogen and oxygen atoms in total. The fourth-order valence-corrected chi connectivity index (χ4v) is 1.54. The summed E-state index contributed by atoms with van der Waals surface area (Å²) in [6.45, 7) is 6.06. The van der Waals surface area contributed by atoms with Gasteiger partial charge in [0.25, 0.3) is 0 Å². The monoisotopic (exact) mass is 171 g/mol. The van der Waals surface area contributed by atoms with Crippen molar-refractivity contribution < 1.29 is 4.79 Å². The molecule has 1 atom stereocenters. The lowest BCUT2D eigenvalue weighted by atomic mass is 9.97. The molecule has 0 rings (SSSR count). The van der Waals surface area contributed by atoms with Gasteiger partial charge in [0.05, 0.1) is 0 Å². The molecule has 0 aliphatic heterocycles. The van der Waals surface area contributed by atoms with Crippen molar-refractivity contribution in [3.8, 4) is 0 Å². The van der Waals surface area contributed by atoms with E-state index in [9.17, 15) is 4.79 Å². The molecule has 12 heavy (non-hydrogen) atoms. The Balaban J connectivity index is 3.88. The highest BCUT2D eigenvalue weighted by Gasteiger charge is 2.15. The van der Waals surface area contributed by atoms with Crippen LogP contribution in [-0.4, -0.2) is 30.8 Å². The van der Waals surface area contributed by atoms with Gasteiger partial charge < -0.3 is 9.69 Å². The summed E-state index contributed by atoms with van der Waals surface area (Å²) in [6.07, 6.45) is 1.70. The minimum atomic E-state index is 0.294. The fourth-order valence-electron chi connectivity index (χ4n) is 1.54. The molecule has 0 fully saturated rings. The standard InChI is InChI=1S/C10H21NO/c1-8(2)10(11(4)5)7-6-9(3)12/h8,10H,6-7H2,1-5H3. The highest BCUT2D eigenvalue weighted by Crippen LogP contribution is 2.13. The van der Waals surface area contributed by atoms with Crippen molar-refractivity contribution >= 4 is 5.78 Å². The summed E-state index contributed by atoms with van der Waals surface area (Å²) in [5, 5.41) is 0. The van der Waals surface area contributed by atoms with Crippen molar-refractivity contribution in [3.05, 3.63) is 0 Å². The zero-order valence-electron chi connectivity index (χ0n) is 8.92. The van der Waals surface area contributed by atoms with Crippen molar-refractivity contribution in [1.29, 1.82) is 0 Å². The fraction of sp³-hybridized carbons (Fsp3) is 0.900. The maximum absolute atomic E-state index is 10.8. The summed E-state index contributed by atoms with van der Waals surface area (Å²) in [5.74, 6) is 0.918. The van der Waals surface area contributed by atoms with Gasteiger partial charge in [-0.25, -0.2) is 0 Å². The largest absolute Gasteiger partial charge is 0.306 e. The highest BCUT2D eigenvalue weighted by molar-refractivity contribution is 5.75. The van der Waals surface area contributed by atoms with Crippen molar-refractivity contribution in [2.45, 2.75) is 39.7 Å². The molecule has 0 saturated carbocycles. The van der Waals surface area contributed by atoms with E-state index in [4.69, 9.17) is 0 Å². The minimum Gasteiger partial charge on any atom is -0.306 e. The molecule has 1 unspecified atom stereocenters. The topological polar surface area (TPSA) is 20.3 Å². The van der Waals surface area contributed by atoms with Crippen LogP contribution in [0.4, 0.5) is 0 Å². The summed E-state index contributed by atoms with van der Waals surface area (Å²) < 4.78 is 0. The molecule has 0 amide bonds. The van der Waals surface area contributed by atoms with E-state index in [0.29, 0.717) is 24.2 Å². The molecule has 0 aliphatic rings. The van der Waals surface area contributed by atoms with E-state index in [1.54, 1.807) is 6.92 Å². The van der Waals surface area contributed by atoms with Gasteiger partial charge in [-0.05, 0) is 33.4 Å².